The van der Waals surface area contributed by atoms with Crippen LogP contribution in [0.1, 0.15) is 36.2 Å². The minimum absolute atomic E-state index is 0.0684. The maximum absolute atomic E-state index is 12.2. The number of aliphatic carboxylic acids is 1. The molecule has 5 rings (SSSR count). The summed E-state index contributed by atoms with van der Waals surface area (Å²) in [5.74, 6) is 0.460. The van der Waals surface area contributed by atoms with E-state index in [0.29, 0.717) is 48.8 Å². The molecule has 0 aromatic carbocycles. The number of carbonyl (C=O) groups excluding carboxylic acids is 1. The second kappa shape index (κ2) is 9.54. The van der Waals surface area contributed by atoms with Gasteiger partial charge in [0.2, 0.25) is 5.91 Å². The van der Waals surface area contributed by atoms with Crippen molar-refractivity contribution in [2.45, 2.75) is 39.2 Å². The number of fused-ring (bicyclic) bond motifs is 1. The van der Waals surface area contributed by atoms with Gasteiger partial charge < -0.3 is 19.7 Å². The van der Waals surface area contributed by atoms with E-state index in [1.807, 2.05) is 43.3 Å². The Hall–Kier alpha value is -4.27. The topological polar surface area (TPSA) is 121 Å². The van der Waals surface area contributed by atoms with Crippen LogP contribution < -0.4 is 4.74 Å². The highest BCUT2D eigenvalue weighted by atomic mass is 16.5. The number of pyridine rings is 3. The van der Waals surface area contributed by atoms with E-state index in [9.17, 15) is 9.59 Å². The second-order valence-electron chi connectivity index (χ2n) is 8.66. The summed E-state index contributed by atoms with van der Waals surface area (Å²) in [6, 6.07) is 11.3. The zero-order chi connectivity index (χ0) is 24.4. The smallest absolute Gasteiger partial charge is 0.303 e. The van der Waals surface area contributed by atoms with E-state index in [1.54, 1.807) is 17.3 Å². The summed E-state index contributed by atoms with van der Waals surface area (Å²) in [7, 11) is 0. The Kier molecular flexibility index (Phi) is 6.13. The lowest BCUT2D eigenvalue weighted by Gasteiger charge is -2.17. The standard InChI is InChI=1S/C26H25N5O4/c1-16-4-7-19(14-27-16)35-23-12-18-11-21(20-8-5-17(13-28-20)6-9-25(33)34)29-26(18)30-22(23)15-31-10-2-3-24(31)32/h4-5,7-8,11-14H,2-3,6,9-10,15H2,1H3,(H,29,30)(H,33,34). The molecule has 0 bridgehead atoms. The molecule has 35 heavy (non-hydrogen) atoms. The van der Waals surface area contributed by atoms with Gasteiger partial charge in [0.05, 0.1) is 24.1 Å². The van der Waals surface area contributed by atoms with Gasteiger partial charge in [-0.1, -0.05) is 6.07 Å². The Morgan fingerprint density at radius 2 is 2.06 bits per heavy atom. The lowest BCUT2D eigenvalue weighted by Crippen LogP contribution is -2.24. The molecule has 9 heteroatoms. The summed E-state index contributed by atoms with van der Waals surface area (Å²) in [6.45, 7) is 2.99. The molecule has 178 valence electrons. The molecule has 5 heterocycles. The molecule has 4 aromatic heterocycles. The third-order valence-corrected chi connectivity index (χ3v) is 6.00. The van der Waals surface area contributed by atoms with Crippen LogP contribution in [-0.2, 0) is 22.6 Å². The third-order valence-electron chi connectivity index (χ3n) is 6.00. The van der Waals surface area contributed by atoms with Gasteiger partial charge in [-0.15, -0.1) is 0 Å². The van der Waals surface area contributed by atoms with Crippen molar-refractivity contribution >= 4 is 22.9 Å². The number of amides is 1. The van der Waals surface area contributed by atoms with Crippen molar-refractivity contribution in [2.24, 2.45) is 0 Å². The van der Waals surface area contributed by atoms with Crippen LogP contribution >= 0.6 is 0 Å². The molecule has 4 aromatic rings. The average Bonchev–Trinajstić information content (AvgIpc) is 3.45. The molecule has 0 unspecified atom stereocenters. The molecule has 1 fully saturated rings. The van der Waals surface area contributed by atoms with E-state index < -0.39 is 5.97 Å². The van der Waals surface area contributed by atoms with Gasteiger partial charge in [-0.2, -0.15) is 0 Å². The summed E-state index contributed by atoms with van der Waals surface area (Å²) in [5.41, 5.74) is 4.61. The van der Waals surface area contributed by atoms with Crippen LogP contribution in [0.15, 0.2) is 48.8 Å². The molecule has 9 nitrogen and oxygen atoms in total. The van der Waals surface area contributed by atoms with Crippen LogP contribution in [0.4, 0.5) is 0 Å². The quantitative estimate of drug-likeness (QED) is 0.394. The van der Waals surface area contributed by atoms with Crippen molar-refractivity contribution < 1.29 is 19.4 Å². The molecule has 0 atom stereocenters. The number of hydrogen-bond acceptors (Lipinski definition) is 6. The summed E-state index contributed by atoms with van der Waals surface area (Å²) < 4.78 is 6.15. The summed E-state index contributed by atoms with van der Waals surface area (Å²) in [4.78, 5) is 41.8. The predicted octanol–water partition coefficient (Wildman–Crippen LogP) is 4.26. The Morgan fingerprint density at radius 3 is 2.74 bits per heavy atom. The van der Waals surface area contributed by atoms with Crippen LogP contribution in [0.5, 0.6) is 11.5 Å². The first-order chi connectivity index (χ1) is 16.9. The number of carbonyl (C=O) groups is 2. The number of aromatic nitrogens is 4. The van der Waals surface area contributed by atoms with Crippen molar-refractivity contribution in [3.8, 4) is 22.9 Å². The van der Waals surface area contributed by atoms with E-state index >= 15 is 0 Å². The van der Waals surface area contributed by atoms with Crippen LogP contribution in [0.2, 0.25) is 0 Å². The molecule has 2 N–H and O–H groups in total. The summed E-state index contributed by atoms with van der Waals surface area (Å²) in [5, 5.41) is 9.72. The number of nitrogens with one attached hydrogen (secondary N) is 1. The normalized spacial score (nSPS) is 13.5. The molecule has 1 aliphatic heterocycles. The van der Waals surface area contributed by atoms with E-state index in [0.717, 1.165) is 34.5 Å². The number of rotatable bonds is 8. The highest BCUT2D eigenvalue weighted by Crippen LogP contribution is 2.31. The highest BCUT2D eigenvalue weighted by Gasteiger charge is 2.23. The van der Waals surface area contributed by atoms with Crippen molar-refractivity contribution in [3.63, 3.8) is 0 Å². The number of carboxylic acid groups (broad SMARTS) is 1. The van der Waals surface area contributed by atoms with Gasteiger partial charge in [-0.05, 0) is 55.7 Å². The number of nitrogens with zero attached hydrogens (tertiary/aromatic N) is 4. The second-order valence-corrected chi connectivity index (χ2v) is 8.66. The number of ether oxygens (including phenoxy) is 1. The lowest BCUT2D eigenvalue weighted by atomic mass is 10.1. The lowest BCUT2D eigenvalue weighted by molar-refractivity contribution is -0.137. The van der Waals surface area contributed by atoms with Gasteiger partial charge in [-0.25, -0.2) is 4.98 Å². The average molecular weight is 472 g/mol. The first-order valence-electron chi connectivity index (χ1n) is 11.5. The minimum atomic E-state index is -0.832. The number of aromatic amines is 1. The van der Waals surface area contributed by atoms with E-state index in [4.69, 9.17) is 14.8 Å². The molecule has 1 aliphatic rings. The number of likely N-dealkylation sites (tertiary alicyclic amines) is 1. The number of H-pyrrole nitrogens is 1. The molecular weight excluding hydrogens is 446 g/mol. The van der Waals surface area contributed by atoms with Crippen molar-refractivity contribution in [2.75, 3.05) is 6.54 Å². The Balaban J connectivity index is 1.47. The molecule has 0 spiro atoms. The Bertz CT molecular complexity index is 1380. The van der Waals surface area contributed by atoms with Gasteiger partial charge in [0.25, 0.3) is 0 Å². The van der Waals surface area contributed by atoms with Gasteiger partial charge in [0.15, 0.2) is 5.75 Å². The highest BCUT2D eigenvalue weighted by molar-refractivity contribution is 5.84. The van der Waals surface area contributed by atoms with Crippen molar-refractivity contribution in [1.29, 1.82) is 0 Å². The fourth-order valence-electron chi connectivity index (χ4n) is 4.09. The third kappa shape index (κ3) is 5.13. The zero-order valence-electron chi connectivity index (χ0n) is 19.3. The maximum Gasteiger partial charge on any atom is 0.303 e. The first kappa shape index (κ1) is 22.5. The van der Waals surface area contributed by atoms with Crippen molar-refractivity contribution in [3.05, 3.63) is 65.7 Å². The van der Waals surface area contributed by atoms with E-state index in [1.165, 1.54) is 0 Å². The van der Waals surface area contributed by atoms with Crippen LogP contribution in [0, 0.1) is 6.92 Å². The minimum Gasteiger partial charge on any atom is -0.481 e. The molecule has 0 radical (unpaired) electrons. The molecular formula is C26H25N5O4. The van der Waals surface area contributed by atoms with Crippen LogP contribution in [-0.4, -0.2) is 48.4 Å². The van der Waals surface area contributed by atoms with Gasteiger partial charge in [0, 0.05) is 36.7 Å². The first-order valence-corrected chi connectivity index (χ1v) is 11.5. The summed E-state index contributed by atoms with van der Waals surface area (Å²) in [6.07, 6.45) is 5.27. The van der Waals surface area contributed by atoms with Crippen molar-refractivity contribution in [1.82, 2.24) is 24.8 Å². The summed E-state index contributed by atoms with van der Waals surface area (Å²) >= 11 is 0. The molecule has 1 saturated heterocycles. The molecule has 0 saturated carbocycles. The number of aryl methyl sites for hydroxylation is 2. The van der Waals surface area contributed by atoms with Crippen LogP contribution in [0.3, 0.4) is 0 Å². The Labute approximate surface area is 201 Å². The molecule has 1 amide bonds. The van der Waals surface area contributed by atoms with Gasteiger partial charge in [0.1, 0.15) is 17.1 Å². The largest absolute Gasteiger partial charge is 0.481 e. The van der Waals surface area contributed by atoms with E-state index in [-0.39, 0.29) is 12.3 Å². The SMILES string of the molecule is Cc1ccc(Oc2cc3cc(-c4ccc(CCC(=O)O)cn4)[nH]c3nc2CN2CCCC2=O)cn1. The number of hydrogen-bond donors (Lipinski definition) is 2. The predicted molar refractivity (Wildman–Crippen MR) is 129 cm³/mol. The number of carboxylic acids is 1. The monoisotopic (exact) mass is 471 g/mol. The van der Waals surface area contributed by atoms with E-state index in [2.05, 4.69) is 15.0 Å². The van der Waals surface area contributed by atoms with Gasteiger partial charge in [-0.3, -0.25) is 19.6 Å². The molecule has 0 aliphatic carbocycles. The fourth-order valence-corrected chi connectivity index (χ4v) is 4.09. The van der Waals surface area contributed by atoms with Gasteiger partial charge >= 0.3 is 5.97 Å². The Morgan fingerprint density at radius 1 is 1.17 bits per heavy atom. The maximum atomic E-state index is 12.2. The van der Waals surface area contributed by atoms with Crippen LogP contribution in [0.25, 0.3) is 22.4 Å². The fraction of sp³-hybridized carbons (Fsp3) is 0.269. The zero-order valence-corrected chi connectivity index (χ0v) is 19.3.